The van der Waals surface area contributed by atoms with Gasteiger partial charge in [-0.25, -0.2) is 13.1 Å². The summed E-state index contributed by atoms with van der Waals surface area (Å²) in [5.74, 6) is 0.854. The number of aromatic nitrogens is 1. The fourth-order valence-corrected chi connectivity index (χ4v) is 4.54. The van der Waals surface area contributed by atoms with Crippen molar-refractivity contribution in [1.82, 2.24) is 9.10 Å². The second kappa shape index (κ2) is 7.82. The van der Waals surface area contributed by atoms with Crippen LogP contribution in [0.5, 0.6) is 0 Å². The number of aryl methyl sites for hydroxylation is 1. The highest BCUT2D eigenvalue weighted by Crippen LogP contribution is 2.26. The minimum Gasteiger partial charge on any atom is -0.369 e. The van der Waals surface area contributed by atoms with Crippen LogP contribution in [0.3, 0.4) is 0 Å². The van der Waals surface area contributed by atoms with E-state index in [0.29, 0.717) is 19.5 Å². The van der Waals surface area contributed by atoms with Crippen molar-refractivity contribution >= 4 is 53.4 Å². The average Bonchev–Trinajstić information content (AvgIpc) is 3.00. The number of fused-ring (bicyclic) bond motifs is 1. The molecule has 0 spiro atoms. The van der Waals surface area contributed by atoms with Crippen LogP contribution in [0.1, 0.15) is 12.0 Å². The first-order valence-corrected chi connectivity index (χ1v) is 10.9. The fourth-order valence-electron chi connectivity index (χ4n) is 2.38. The molecule has 3 rings (SSSR count). The molecule has 0 amide bonds. The molecule has 0 bridgehead atoms. The Hall–Kier alpha value is -1.48. The van der Waals surface area contributed by atoms with Gasteiger partial charge in [-0.15, -0.1) is 0 Å². The number of sulfonamides is 1. The second-order valence-corrected chi connectivity index (χ2v) is 9.04. The topological polar surface area (TPSA) is 71.1 Å². The molecular weight excluding hydrogens is 422 g/mol. The van der Waals surface area contributed by atoms with E-state index in [1.165, 1.54) is 11.5 Å². The highest BCUT2D eigenvalue weighted by Gasteiger charge is 2.14. The molecule has 0 aliphatic heterocycles. The van der Waals surface area contributed by atoms with Gasteiger partial charge in [0.2, 0.25) is 10.0 Å². The first-order chi connectivity index (χ1) is 12.0. The third kappa shape index (κ3) is 4.38. The Morgan fingerprint density at radius 2 is 1.96 bits per heavy atom. The van der Waals surface area contributed by atoms with Crippen LogP contribution in [0.2, 0.25) is 0 Å². The van der Waals surface area contributed by atoms with E-state index in [2.05, 4.69) is 30.3 Å². The van der Waals surface area contributed by atoms with Gasteiger partial charge in [0.05, 0.1) is 9.60 Å². The Balaban J connectivity index is 1.51. The quantitative estimate of drug-likeness (QED) is 0.542. The van der Waals surface area contributed by atoms with E-state index in [4.69, 9.17) is 0 Å². The van der Waals surface area contributed by atoms with Gasteiger partial charge >= 0.3 is 0 Å². The highest BCUT2D eigenvalue weighted by molar-refractivity contribution is 9.10. The van der Waals surface area contributed by atoms with Crippen molar-refractivity contribution in [3.8, 4) is 0 Å². The summed E-state index contributed by atoms with van der Waals surface area (Å²) in [5.41, 5.74) is 0.889. The summed E-state index contributed by atoms with van der Waals surface area (Å²) in [6.45, 7) is 2.88. The van der Waals surface area contributed by atoms with E-state index >= 15 is 0 Å². The molecule has 0 aliphatic rings. The summed E-state index contributed by atoms with van der Waals surface area (Å²) in [6.07, 6.45) is 0.667. The summed E-state index contributed by atoms with van der Waals surface area (Å²) in [4.78, 5) is 0.284. The molecule has 0 unspecified atom stereocenters. The number of halogens is 1. The van der Waals surface area contributed by atoms with Crippen molar-refractivity contribution < 1.29 is 8.42 Å². The lowest BCUT2D eigenvalue weighted by Gasteiger charge is -2.09. The molecule has 3 aromatic rings. The lowest BCUT2D eigenvalue weighted by atomic mass is 10.2. The van der Waals surface area contributed by atoms with E-state index in [-0.39, 0.29) is 4.90 Å². The average molecular weight is 440 g/mol. The molecule has 25 heavy (non-hydrogen) atoms. The summed E-state index contributed by atoms with van der Waals surface area (Å²) < 4.78 is 33.7. The number of nitrogens with one attached hydrogen (secondary N) is 2. The SMILES string of the molecule is Cc1cc(S(=O)(=O)NCCCNc2nsc3ccccc23)ccc1Br. The molecule has 132 valence electrons. The highest BCUT2D eigenvalue weighted by atomic mass is 79.9. The van der Waals surface area contributed by atoms with Crippen molar-refractivity contribution in [2.75, 3.05) is 18.4 Å². The summed E-state index contributed by atoms with van der Waals surface area (Å²) in [7, 11) is -3.48. The largest absolute Gasteiger partial charge is 0.369 e. The zero-order valence-corrected chi connectivity index (χ0v) is 16.8. The van der Waals surface area contributed by atoms with E-state index in [9.17, 15) is 8.42 Å². The zero-order valence-electron chi connectivity index (χ0n) is 13.6. The number of rotatable bonds is 7. The molecule has 0 radical (unpaired) electrons. The van der Waals surface area contributed by atoms with Gasteiger partial charge < -0.3 is 5.32 Å². The van der Waals surface area contributed by atoms with Gasteiger partial charge in [-0.1, -0.05) is 28.1 Å². The van der Waals surface area contributed by atoms with Crippen LogP contribution in [0.4, 0.5) is 5.82 Å². The lowest BCUT2D eigenvalue weighted by Crippen LogP contribution is -2.26. The molecule has 0 fully saturated rings. The molecule has 1 heterocycles. The molecule has 0 aliphatic carbocycles. The van der Waals surface area contributed by atoms with E-state index in [1.54, 1.807) is 18.2 Å². The van der Waals surface area contributed by atoms with Crippen LogP contribution < -0.4 is 10.0 Å². The number of benzene rings is 2. The fraction of sp³-hybridized carbons (Fsp3) is 0.235. The maximum Gasteiger partial charge on any atom is 0.240 e. The number of hydrogen-bond acceptors (Lipinski definition) is 5. The third-order valence-corrected chi connectivity index (χ3v) is 6.93. The Morgan fingerprint density at radius 3 is 2.76 bits per heavy atom. The summed E-state index contributed by atoms with van der Waals surface area (Å²) in [6, 6.07) is 13.0. The molecule has 0 saturated carbocycles. The molecule has 5 nitrogen and oxygen atoms in total. The van der Waals surface area contributed by atoms with Crippen LogP contribution in [0.15, 0.2) is 51.8 Å². The van der Waals surface area contributed by atoms with Crippen molar-refractivity contribution in [3.05, 3.63) is 52.5 Å². The molecule has 2 N–H and O–H groups in total. The van der Waals surface area contributed by atoms with Crippen LogP contribution in [-0.4, -0.2) is 25.9 Å². The minimum absolute atomic E-state index is 0.284. The third-order valence-electron chi connectivity index (χ3n) is 3.76. The van der Waals surface area contributed by atoms with Gasteiger partial charge in [0, 0.05) is 22.9 Å². The zero-order chi connectivity index (χ0) is 17.9. The normalized spacial score (nSPS) is 11.8. The number of anilines is 1. The van der Waals surface area contributed by atoms with Gasteiger partial charge in [-0.3, -0.25) is 0 Å². The monoisotopic (exact) mass is 439 g/mol. The van der Waals surface area contributed by atoms with Gasteiger partial charge in [0.15, 0.2) is 0 Å². The van der Waals surface area contributed by atoms with Crippen molar-refractivity contribution in [1.29, 1.82) is 0 Å². The minimum atomic E-state index is -3.48. The van der Waals surface area contributed by atoms with E-state index < -0.39 is 10.0 Å². The van der Waals surface area contributed by atoms with Crippen molar-refractivity contribution in [2.45, 2.75) is 18.2 Å². The van der Waals surface area contributed by atoms with E-state index in [0.717, 1.165) is 25.9 Å². The van der Waals surface area contributed by atoms with Crippen LogP contribution in [-0.2, 0) is 10.0 Å². The summed E-state index contributed by atoms with van der Waals surface area (Å²) in [5, 5.41) is 4.36. The molecule has 8 heteroatoms. The van der Waals surface area contributed by atoms with Gasteiger partial charge in [0.1, 0.15) is 5.82 Å². The maximum atomic E-state index is 12.3. The Labute approximate surface area is 159 Å². The number of nitrogens with zero attached hydrogens (tertiary/aromatic N) is 1. The summed E-state index contributed by atoms with van der Waals surface area (Å²) >= 11 is 4.83. The Kier molecular flexibility index (Phi) is 5.73. The predicted octanol–water partition coefficient (Wildman–Crippen LogP) is 4.15. The molecule has 0 saturated heterocycles. The van der Waals surface area contributed by atoms with E-state index in [1.807, 2.05) is 31.2 Å². The Morgan fingerprint density at radius 1 is 1.16 bits per heavy atom. The van der Waals surface area contributed by atoms with Gasteiger partial charge in [0.25, 0.3) is 0 Å². The Bertz CT molecular complexity index is 986. The van der Waals surface area contributed by atoms with Crippen LogP contribution >= 0.6 is 27.5 Å². The molecule has 1 aromatic heterocycles. The maximum absolute atomic E-state index is 12.3. The van der Waals surface area contributed by atoms with Crippen molar-refractivity contribution in [2.24, 2.45) is 0 Å². The van der Waals surface area contributed by atoms with Crippen molar-refractivity contribution in [3.63, 3.8) is 0 Å². The first kappa shape index (κ1) is 18.3. The predicted molar refractivity (Wildman–Crippen MR) is 107 cm³/mol. The molecule has 2 aromatic carbocycles. The lowest BCUT2D eigenvalue weighted by molar-refractivity contribution is 0.580. The van der Waals surface area contributed by atoms with Crippen LogP contribution in [0, 0.1) is 6.92 Å². The van der Waals surface area contributed by atoms with Gasteiger partial charge in [-0.2, -0.15) is 4.37 Å². The molecule has 0 atom stereocenters. The first-order valence-electron chi connectivity index (χ1n) is 7.81. The standard InChI is InChI=1S/C17H18BrN3O2S2/c1-12-11-13(7-8-15(12)18)25(22,23)20-10-4-9-19-17-14-5-2-3-6-16(14)24-21-17/h2-3,5-8,11,20H,4,9-10H2,1H3,(H,19,21). The smallest absolute Gasteiger partial charge is 0.240 e. The molecular formula is C17H18BrN3O2S2. The number of hydrogen-bond donors (Lipinski definition) is 2. The second-order valence-electron chi connectivity index (χ2n) is 5.62. The van der Waals surface area contributed by atoms with Crippen LogP contribution in [0.25, 0.3) is 10.1 Å². The van der Waals surface area contributed by atoms with Gasteiger partial charge in [-0.05, 0) is 60.8 Å².